The number of rotatable bonds is 12. The molecule has 1 fully saturated rings. The standard InChI is InChI=1S/C21H36/c1-5-6-7-8-9-10-11-12-13-14-15-20-17-21(20)16-19(4)18(2)3/h6-7,13-14,19-21H,2,5,8-12,15-17H2,1,3-4H3. The van der Waals surface area contributed by atoms with Gasteiger partial charge in [0.2, 0.25) is 0 Å². The summed E-state index contributed by atoms with van der Waals surface area (Å²) in [4.78, 5) is 0. The zero-order valence-electron chi connectivity index (χ0n) is 14.6. The summed E-state index contributed by atoms with van der Waals surface area (Å²) in [7, 11) is 0. The molecule has 1 aliphatic carbocycles. The molecule has 21 heavy (non-hydrogen) atoms. The van der Waals surface area contributed by atoms with Crippen LogP contribution in [0.3, 0.4) is 0 Å². The summed E-state index contributed by atoms with van der Waals surface area (Å²) in [6.45, 7) is 10.8. The summed E-state index contributed by atoms with van der Waals surface area (Å²) in [6, 6.07) is 0. The number of hydrogen-bond donors (Lipinski definition) is 0. The van der Waals surface area contributed by atoms with E-state index in [2.05, 4.69) is 51.7 Å². The van der Waals surface area contributed by atoms with E-state index in [0.29, 0.717) is 5.92 Å². The second-order valence-corrected chi connectivity index (χ2v) is 6.96. The number of unbranched alkanes of at least 4 members (excludes halogenated alkanes) is 4. The highest BCUT2D eigenvalue weighted by atomic mass is 14.4. The molecule has 0 nitrogen and oxygen atoms in total. The van der Waals surface area contributed by atoms with Crippen LogP contribution in [0.5, 0.6) is 0 Å². The second kappa shape index (κ2) is 10.9. The fourth-order valence-corrected chi connectivity index (χ4v) is 2.92. The Bertz CT molecular complexity index is 334. The van der Waals surface area contributed by atoms with Crippen molar-refractivity contribution >= 4 is 0 Å². The van der Waals surface area contributed by atoms with Crippen LogP contribution in [0.4, 0.5) is 0 Å². The van der Waals surface area contributed by atoms with Crippen molar-refractivity contribution in [2.24, 2.45) is 17.8 Å². The summed E-state index contributed by atoms with van der Waals surface area (Å²) in [5.74, 6) is 2.67. The van der Waals surface area contributed by atoms with Gasteiger partial charge < -0.3 is 0 Å². The average molecular weight is 289 g/mol. The molecule has 0 aromatic carbocycles. The van der Waals surface area contributed by atoms with E-state index in [1.807, 2.05) is 0 Å². The lowest BCUT2D eigenvalue weighted by molar-refractivity contribution is 0.534. The summed E-state index contributed by atoms with van der Waals surface area (Å²) in [6.07, 6.45) is 21.4. The summed E-state index contributed by atoms with van der Waals surface area (Å²) in [5, 5.41) is 0. The van der Waals surface area contributed by atoms with Crippen molar-refractivity contribution in [1.82, 2.24) is 0 Å². The van der Waals surface area contributed by atoms with Crippen molar-refractivity contribution in [1.29, 1.82) is 0 Å². The Morgan fingerprint density at radius 3 is 2.33 bits per heavy atom. The van der Waals surface area contributed by atoms with Crippen molar-refractivity contribution in [3.05, 3.63) is 36.5 Å². The zero-order valence-corrected chi connectivity index (χ0v) is 14.6. The lowest BCUT2D eigenvalue weighted by atomic mass is 9.96. The number of hydrogen-bond acceptors (Lipinski definition) is 0. The molecule has 1 saturated carbocycles. The topological polar surface area (TPSA) is 0 Å². The summed E-state index contributed by atoms with van der Waals surface area (Å²) < 4.78 is 0. The van der Waals surface area contributed by atoms with Gasteiger partial charge in [0.15, 0.2) is 0 Å². The smallest absolute Gasteiger partial charge is 0.0234 e. The van der Waals surface area contributed by atoms with Gasteiger partial charge in [-0.05, 0) is 76.0 Å². The van der Waals surface area contributed by atoms with Crippen LogP contribution in [0, 0.1) is 17.8 Å². The van der Waals surface area contributed by atoms with Crippen molar-refractivity contribution in [3.63, 3.8) is 0 Å². The van der Waals surface area contributed by atoms with Crippen LogP contribution in [0.15, 0.2) is 36.5 Å². The van der Waals surface area contributed by atoms with Crippen LogP contribution >= 0.6 is 0 Å². The van der Waals surface area contributed by atoms with E-state index in [1.54, 1.807) is 0 Å². The molecule has 0 heteroatoms. The molecule has 3 atom stereocenters. The molecule has 0 aromatic rings. The fourth-order valence-electron chi connectivity index (χ4n) is 2.92. The van der Waals surface area contributed by atoms with E-state index in [1.165, 1.54) is 63.4 Å². The van der Waals surface area contributed by atoms with Gasteiger partial charge in [-0.25, -0.2) is 0 Å². The lowest BCUT2D eigenvalue weighted by Crippen LogP contribution is -1.97. The molecule has 0 radical (unpaired) electrons. The molecule has 0 heterocycles. The van der Waals surface area contributed by atoms with Crippen LogP contribution in [-0.4, -0.2) is 0 Å². The molecule has 3 unspecified atom stereocenters. The Labute approximate surface area is 133 Å². The quantitative estimate of drug-likeness (QED) is 0.266. The molecule has 0 aromatic heterocycles. The Hall–Kier alpha value is -0.780. The van der Waals surface area contributed by atoms with E-state index >= 15 is 0 Å². The molecule has 1 rings (SSSR count). The highest BCUT2D eigenvalue weighted by molar-refractivity contribution is 5.00. The van der Waals surface area contributed by atoms with Crippen LogP contribution in [-0.2, 0) is 0 Å². The maximum atomic E-state index is 4.07. The van der Waals surface area contributed by atoms with E-state index in [-0.39, 0.29) is 0 Å². The molecular formula is C21H36. The van der Waals surface area contributed by atoms with Gasteiger partial charge in [-0.15, -0.1) is 0 Å². The van der Waals surface area contributed by atoms with Crippen molar-refractivity contribution in [2.45, 2.75) is 78.6 Å². The Morgan fingerprint density at radius 1 is 1.05 bits per heavy atom. The third-order valence-electron chi connectivity index (χ3n) is 4.82. The van der Waals surface area contributed by atoms with Gasteiger partial charge in [-0.1, -0.05) is 56.7 Å². The van der Waals surface area contributed by atoms with Crippen LogP contribution in [0.2, 0.25) is 0 Å². The van der Waals surface area contributed by atoms with Crippen molar-refractivity contribution in [2.75, 3.05) is 0 Å². The second-order valence-electron chi connectivity index (χ2n) is 6.96. The first-order valence-electron chi connectivity index (χ1n) is 9.10. The summed E-state index contributed by atoms with van der Waals surface area (Å²) in [5.41, 5.74) is 1.35. The minimum absolute atomic E-state index is 0.714. The zero-order chi connectivity index (χ0) is 15.5. The van der Waals surface area contributed by atoms with E-state index in [9.17, 15) is 0 Å². The predicted molar refractivity (Wildman–Crippen MR) is 96.5 cm³/mol. The van der Waals surface area contributed by atoms with Crippen LogP contribution < -0.4 is 0 Å². The first-order chi connectivity index (χ1) is 10.1. The van der Waals surface area contributed by atoms with Gasteiger partial charge in [-0.3, -0.25) is 0 Å². The molecule has 120 valence electrons. The third kappa shape index (κ3) is 8.96. The van der Waals surface area contributed by atoms with Gasteiger partial charge >= 0.3 is 0 Å². The fraction of sp³-hybridized carbons (Fsp3) is 0.714. The van der Waals surface area contributed by atoms with E-state index in [4.69, 9.17) is 0 Å². The Morgan fingerprint density at radius 2 is 1.71 bits per heavy atom. The normalized spacial score (nSPS) is 23.0. The molecule has 1 aliphatic rings. The average Bonchev–Trinajstić information content (AvgIpc) is 3.19. The minimum atomic E-state index is 0.714. The van der Waals surface area contributed by atoms with Crippen molar-refractivity contribution in [3.8, 4) is 0 Å². The lowest BCUT2D eigenvalue weighted by Gasteiger charge is -2.09. The predicted octanol–water partition coefficient (Wildman–Crippen LogP) is 7.09. The SMILES string of the molecule is C=C(C)C(C)CC1CC1CC=CCCCCCC=CCC. The molecule has 0 bridgehead atoms. The van der Waals surface area contributed by atoms with E-state index < -0.39 is 0 Å². The maximum absolute atomic E-state index is 4.07. The molecule has 0 spiro atoms. The molecular weight excluding hydrogens is 252 g/mol. The molecule has 0 aliphatic heterocycles. The largest absolute Gasteiger partial charge is 0.0999 e. The van der Waals surface area contributed by atoms with Gasteiger partial charge in [0.05, 0.1) is 0 Å². The number of allylic oxidation sites excluding steroid dienone is 5. The van der Waals surface area contributed by atoms with Crippen LogP contribution in [0.1, 0.15) is 78.6 Å². The van der Waals surface area contributed by atoms with Crippen molar-refractivity contribution < 1.29 is 0 Å². The van der Waals surface area contributed by atoms with Crippen LogP contribution in [0.25, 0.3) is 0 Å². The molecule has 0 saturated heterocycles. The Kier molecular flexibility index (Phi) is 9.46. The van der Waals surface area contributed by atoms with Gasteiger partial charge in [0.1, 0.15) is 0 Å². The Balaban J connectivity index is 1.92. The van der Waals surface area contributed by atoms with E-state index in [0.717, 1.165) is 11.8 Å². The molecule has 0 N–H and O–H groups in total. The maximum Gasteiger partial charge on any atom is -0.0234 e. The first kappa shape index (κ1) is 18.3. The highest BCUT2D eigenvalue weighted by Crippen LogP contribution is 2.46. The monoisotopic (exact) mass is 288 g/mol. The first-order valence-corrected chi connectivity index (χ1v) is 9.10. The van der Waals surface area contributed by atoms with Gasteiger partial charge in [0, 0.05) is 0 Å². The minimum Gasteiger partial charge on any atom is -0.0999 e. The third-order valence-corrected chi connectivity index (χ3v) is 4.82. The summed E-state index contributed by atoms with van der Waals surface area (Å²) >= 11 is 0. The van der Waals surface area contributed by atoms with Gasteiger partial charge in [-0.2, -0.15) is 0 Å². The highest BCUT2D eigenvalue weighted by Gasteiger charge is 2.36. The van der Waals surface area contributed by atoms with Gasteiger partial charge in [0.25, 0.3) is 0 Å². The molecule has 0 amide bonds.